The SMILES string of the molecule is CC(C)(O)C(C)(C)O[B]c1ccc(P(c2ccccc2)c2ccccc2)c2ccccc12. The van der Waals surface area contributed by atoms with Crippen LogP contribution >= 0.6 is 7.92 Å². The normalized spacial score (nSPS) is 12.3. The molecular weight excluding hydrogens is 410 g/mol. The topological polar surface area (TPSA) is 29.5 Å². The van der Waals surface area contributed by atoms with E-state index in [9.17, 15) is 5.11 Å². The van der Waals surface area contributed by atoms with Crippen molar-refractivity contribution < 1.29 is 9.76 Å². The first-order valence-corrected chi connectivity index (χ1v) is 12.3. The zero-order valence-corrected chi connectivity index (χ0v) is 20.0. The average Bonchev–Trinajstić information content (AvgIpc) is 2.79. The zero-order valence-electron chi connectivity index (χ0n) is 19.1. The molecule has 2 nitrogen and oxygen atoms in total. The number of aliphatic hydroxyl groups is 1. The summed E-state index contributed by atoms with van der Waals surface area (Å²) in [6, 6.07) is 34.4. The van der Waals surface area contributed by atoms with Crippen LogP contribution in [0.15, 0.2) is 97.1 Å². The quantitative estimate of drug-likeness (QED) is 0.342. The summed E-state index contributed by atoms with van der Waals surface area (Å²) in [6.45, 7) is 7.36. The number of rotatable bonds is 7. The third kappa shape index (κ3) is 4.66. The van der Waals surface area contributed by atoms with E-state index in [1.54, 1.807) is 21.3 Å². The molecule has 0 aliphatic heterocycles. The van der Waals surface area contributed by atoms with Crippen molar-refractivity contribution in [1.82, 2.24) is 0 Å². The lowest BCUT2D eigenvalue weighted by Gasteiger charge is -2.37. The van der Waals surface area contributed by atoms with Gasteiger partial charge in [0.05, 0.1) is 11.2 Å². The summed E-state index contributed by atoms with van der Waals surface area (Å²) in [5, 5.41) is 16.8. The van der Waals surface area contributed by atoms with E-state index >= 15 is 0 Å². The lowest BCUT2D eigenvalue weighted by Crippen LogP contribution is -2.49. The van der Waals surface area contributed by atoms with E-state index in [4.69, 9.17) is 4.65 Å². The maximum atomic E-state index is 10.5. The zero-order chi connectivity index (χ0) is 22.8. The molecule has 1 radical (unpaired) electrons. The van der Waals surface area contributed by atoms with Crippen molar-refractivity contribution in [2.75, 3.05) is 0 Å². The van der Waals surface area contributed by atoms with Gasteiger partial charge in [0.25, 0.3) is 0 Å². The molecule has 0 fully saturated rings. The van der Waals surface area contributed by atoms with E-state index < -0.39 is 19.1 Å². The molecule has 0 aliphatic rings. The summed E-state index contributed by atoms with van der Waals surface area (Å²) in [4.78, 5) is 0. The highest BCUT2D eigenvalue weighted by atomic mass is 31.1. The first-order valence-electron chi connectivity index (χ1n) is 10.9. The second-order valence-corrected chi connectivity index (χ2v) is 11.2. The van der Waals surface area contributed by atoms with Gasteiger partial charge < -0.3 is 9.76 Å². The third-order valence-electron chi connectivity index (χ3n) is 6.16. The van der Waals surface area contributed by atoms with Gasteiger partial charge in [-0.15, -0.1) is 0 Å². The maximum absolute atomic E-state index is 10.5. The highest BCUT2D eigenvalue weighted by Crippen LogP contribution is 2.35. The Bertz CT molecular complexity index is 1140. The Hall–Kier alpha value is -2.45. The van der Waals surface area contributed by atoms with Gasteiger partial charge in [-0.2, -0.15) is 0 Å². The van der Waals surface area contributed by atoms with Gasteiger partial charge in [0, 0.05) is 0 Å². The van der Waals surface area contributed by atoms with Crippen molar-refractivity contribution in [3.05, 3.63) is 97.1 Å². The summed E-state index contributed by atoms with van der Waals surface area (Å²) < 4.78 is 6.09. The Morgan fingerprint density at radius 3 is 1.69 bits per heavy atom. The molecule has 0 unspecified atom stereocenters. The molecule has 4 aromatic carbocycles. The predicted molar refractivity (Wildman–Crippen MR) is 140 cm³/mol. The summed E-state index contributed by atoms with van der Waals surface area (Å²) >= 11 is 0. The molecule has 1 N–H and O–H groups in total. The largest absolute Gasteiger partial charge is 0.427 e. The fourth-order valence-electron chi connectivity index (χ4n) is 3.54. The monoisotopic (exact) mass is 439 g/mol. The molecule has 161 valence electrons. The van der Waals surface area contributed by atoms with Crippen LogP contribution < -0.4 is 21.4 Å². The van der Waals surface area contributed by atoms with Crippen LogP contribution in [0.3, 0.4) is 0 Å². The molecular formula is C28H29BO2P. The van der Waals surface area contributed by atoms with Crippen molar-refractivity contribution in [3.63, 3.8) is 0 Å². The first-order chi connectivity index (χ1) is 15.3. The number of hydrogen-bond acceptors (Lipinski definition) is 2. The molecule has 0 bridgehead atoms. The van der Waals surface area contributed by atoms with Crippen LogP contribution in [0.4, 0.5) is 0 Å². The molecule has 4 heteroatoms. The molecule has 32 heavy (non-hydrogen) atoms. The van der Waals surface area contributed by atoms with Crippen molar-refractivity contribution in [2.45, 2.75) is 38.9 Å². The fraction of sp³-hybridized carbons (Fsp3) is 0.214. The number of fused-ring (bicyclic) bond motifs is 1. The van der Waals surface area contributed by atoms with E-state index in [0.29, 0.717) is 0 Å². The Labute approximate surface area is 193 Å². The van der Waals surface area contributed by atoms with E-state index in [-0.39, 0.29) is 0 Å². The van der Waals surface area contributed by atoms with Crippen molar-refractivity contribution >= 4 is 47.6 Å². The van der Waals surface area contributed by atoms with E-state index in [1.165, 1.54) is 21.3 Å². The molecule has 0 spiro atoms. The minimum Gasteiger partial charge on any atom is -0.427 e. The van der Waals surface area contributed by atoms with Gasteiger partial charge in [-0.05, 0) is 67.8 Å². The van der Waals surface area contributed by atoms with Crippen molar-refractivity contribution in [2.24, 2.45) is 0 Å². The van der Waals surface area contributed by atoms with Gasteiger partial charge >= 0.3 is 7.48 Å². The van der Waals surface area contributed by atoms with Crippen molar-refractivity contribution in [1.29, 1.82) is 0 Å². The second-order valence-electron chi connectivity index (χ2n) is 9.03. The third-order valence-corrected chi connectivity index (χ3v) is 8.66. The number of benzene rings is 4. The van der Waals surface area contributed by atoms with Crippen LogP contribution in [-0.4, -0.2) is 23.8 Å². The van der Waals surface area contributed by atoms with E-state index in [2.05, 4.69) is 97.1 Å². The highest BCUT2D eigenvalue weighted by molar-refractivity contribution is 7.80. The molecule has 0 aliphatic carbocycles. The minimum atomic E-state index is -0.964. The predicted octanol–water partition coefficient (Wildman–Crippen LogP) is 4.41. The van der Waals surface area contributed by atoms with Crippen LogP contribution in [0.5, 0.6) is 0 Å². The molecule has 0 heterocycles. The van der Waals surface area contributed by atoms with Gasteiger partial charge in [-0.25, -0.2) is 0 Å². The Morgan fingerprint density at radius 2 is 1.16 bits per heavy atom. The van der Waals surface area contributed by atoms with E-state index in [1.807, 2.05) is 13.8 Å². The Kier molecular flexibility index (Phi) is 6.53. The molecule has 0 amide bonds. The fourth-order valence-corrected chi connectivity index (χ4v) is 6.00. The van der Waals surface area contributed by atoms with Crippen LogP contribution in [0.25, 0.3) is 10.8 Å². The first kappa shape index (κ1) is 22.7. The average molecular weight is 439 g/mol. The van der Waals surface area contributed by atoms with Gasteiger partial charge in [0.1, 0.15) is 0 Å². The standard InChI is InChI=1S/C28H29BO2P/c1-27(2,30)28(3,4)31-29-25-19-20-26(24-18-12-11-17-23(24)25)32(21-13-7-5-8-14-21)22-15-9-6-10-16-22/h5-20,30H,1-4H3. The van der Waals surface area contributed by atoms with Gasteiger partial charge in [-0.3, -0.25) is 0 Å². The molecule has 0 saturated heterocycles. The smallest absolute Gasteiger partial charge is 0.331 e. The van der Waals surface area contributed by atoms with Crippen LogP contribution in [0.2, 0.25) is 0 Å². The van der Waals surface area contributed by atoms with Gasteiger partial charge in [0.2, 0.25) is 0 Å². The van der Waals surface area contributed by atoms with E-state index in [0.717, 1.165) is 10.8 Å². The summed E-state index contributed by atoms with van der Waals surface area (Å²) in [5.41, 5.74) is -0.667. The Balaban J connectivity index is 1.81. The van der Waals surface area contributed by atoms with Crippen molar-refractivity contribution in [3.8, 4) is 0 Å². The van der Waals surface area contributed by atoms with Crippen LogP contribution in [-0.2, 0) is 4.65 Å². The maximum Gasteiger partial charge on any atom is 0.331 e. The lowest BCUT2D eigenvalue weighted by molar-refractivity contribution is -0.0893. The van der Waals surface area contributed by atoms with Crippen LogP contribution in [0.1, 0.15) is 27.7 Å². The van der Waals surface area contributed by atoms with Crippen LogP contribution in [0, 0.1) is 0 Å². The minimum absolute atomic E-state index is 0.703. The van der Waals surface area contributed by atoms with Gasteiger partial charge in [-0.1, -0.05) is 97.1 Å². The molecule has 4 rings (SSSR count). The highest BCUT2D eigenvalue weighted by Gasteiger charge is 2.36. The summed E-state index contributed by atoms with van der Waals surface area (Å²) in [5.74, 6) is 0. The molecule has 0 atom stereocenters. The molecule has 0 saturated carbocycles. The summed E-state index contributed by atoms with van der Waals surface area (Å²) in [6.07, 6.45) is 0. The summed E-state index contributed by atoms with van der Waals surface area (Å²) in [7, 11) is 1.09. The molecule has 4 aromatic rings. The number of hydrogen-bond donors (Lipinski definition) is 1. The molecule has 0 aromatic heterocycles. The second kappa shape index (κ2) is 9.20. The Morgan fingerprint density at radius 1 is 0.656 bits per heavy atom. The lowest BCUT2D eigenvalue weighted by atomic mass is 9.80. The van der Waals surface area contributed by atoms with Gasteiger partial charge in [0.15, 0.2) is 0 Å².